The van der Waals surface area contributed by atoms with Crippen molar-refractivity contribution in [3.05, 3.63) is 58.9 Å². The van der Waals surface area contributed by atoms with Gasteiger partial charge in [-0.1, -0.05) is 18.2 Å². The van der Waals surface area contributed by atoms with Crippen molar-refractivity contribution in [2.24, 2.45) is 0 Å². The Labute approximate surface area is 104 Å². The second-order valence-electron chi connectivity index (χ2n) is 4.04. The highest BCUT2D eigenvalue weighted by Gasteiger charge is 2.16. The topological polar surface area (TPSA) is 83.6 Å². The van der Waals surface area contributed by atoms with Gasteiger partial charge in [0.05, 0.1) is 0 Å². The van der Waals surface area contributed by atoms with Gasteiger partial charge in [0.1, 0.15) is 11.3 Å². The highest BCUT2D eigenvalue weighted by atomic mass is 16.4. The van der Waals surface area contributed by atoms with Crippen LogP contribution in [0.1, 0.15) is 12.0 Å². The summed E-state index contributed by atoms with van der Waals surface area (Å²) in [6.07, 6.45) is 5.35. The second kappa shape index (κ2) is 4.79. The van der Waals surface area contributed by atoms with Crippen molar-refractivity contribution in [3.8, 4) is 0 Å². The third kappa shape index (κ3) is 2.60. The zero-order chi connectivity index (χ0) is 13.1. The van der Waals surface area contributed by atoms with Crippen LogP contribution in [0.2, 0.25) is 0 Å². The molecule has 18 heavy (non-hydrogen) atoms. The fraction of sp³-hybridized carbons (Fsp3) is 0.0714. The van der Waals surface area contributed by atoms with Gasteiger partial charge in [0.25, 0.3) is 0 Å². The number of carboxylic acids is 1. The molecule has 2 rings (SSSR count). The normalized spacial score (nSPS) is 17.2. The maximum atomic E-state index is 10.9. The van der Waals surface area contributed by atoms with E-state index in [2.05, 4.69) is 0 Å². The second-order valence-corrected chi connectivity index (χ2v) is 4.04. The maximum absolute atomic E-state index is 10.9. The van der Waals surface area contributed by atoms with Crippen LogP contribution in [0.3, 0.4) is 0 Å². The van der Waals surface area contributed by atoms with E-state index in [1.807, 2.05) is 18.2 Å². The number of carboxylic acid groups (broad SMARTS) is 1. The number of hydrogen-bond donors (Lipinski definition) is 3. The van der Waals surface area contributed by atoms with Gasteiger partial charge >= 0.3 is 5.97 Å². The van der Waals surface area contributed by atoms with E-state index in [0.717, 1.165) is 11.1 Å². The Bertz CT molecular complexity index is 565. The number of nitrogens with two attached hydrogens (primary N) is 1. The Morgan fingerprint density at radius 3 is 2.56 bits per heavy atom. The molecule has 0 fully saturated rings. The molecule has 0 unspecified atom stereocenters. The van der Waals surface area contributed by atoms with Crippen LogP contribution in [-0.4, -0.2) is 16.2 Å². The molecule has 4 N–H and O–H groups in total. The average molecular weight is 243 g/mol. The molecule has 0 radical (unpaired) electrons. The number of anilines is 1. The smallest absolute Gasteiger partial charge is 0.339 e. The molecule has 0 amide bonds. The highest BCUT2D eigenvalue weighted by molar-refractivity contribution is 5.92. The molecule has 1 aliphatic rings. The Kier molecular flexibility index (Phi) is 3.19. The number of carbonyl (C=O) groups is 1. The monoisotopic (exact) mass is 243 g/mol. The Morgan fingerprint density at radius 1 is 1.28 bits per heavy atom. The third-order valence-electron chi connectivity index (χ3n) is 2.66. The summed E-state index contributed by atoms with van der Waals surface area (Å²) in [5.74, 6) is -1.32. The standard InChI is InChI=1S/C14H13NO3/c15-11-4-1-9(2-5-11)7-10-3-6-13(16)12(8-10)14(17)18/h1-2,4-8,16H,3,15H2,(H,17,18). The molecule has 0 aromatic heterocycles. The Morgan fingerprint density at radius 2 is 1.94 bits per heavy atom. The minimum Gasteiger partial charge on any atom is -0.507 e. The number of benzene rings is 1. The van der Waals surface area contributed by atoms with Gasteiger partial charge < -0.3 is 15.9 Å². The predicted octanol–water partition coefficient (Wildman–Crippen LogP) is 2.51. The van der Waals surface area contributed by atoms with E-state index in [-0.39, 0.29) is 11.3 Å². The Hall–Kier alpha value is -2.49. The molecule has 1 aliphatic carbocycles. The molecular weight excluding hydrogens is 230 g/mol. The van der Waals surface area contributed by atoms with Gasteiger partial charge in [0, 0.05) is 5.69 Å². The summed E-state index contributed by atoms with van der Waals surface area (Å²) in [6.45, 7) is 0. The fourth-order valence-electron chi connectivity index (χ4n) is 1.72. The van der Waals surface area contributed by atoms with E-state index < -0.39 is 5.97 Å². The van der Waals surface area contributed by atoms with Gasteiger partial charge in [-0.2, -0.15) is 0 Å². The van der Waals surface area contributed by atoms with Gasteiger partial charge in [-0.15, -0.1) is 0 Å². The predicted molar refractivity (Wildman–Crippen MR) is 69.9 cm³/mol. The van der Waals surface area contributed by atoms with Gasteiger partial charge in [-0.3, -0.25) is 0 Å². The van der Waals surface area contributed by atoms with E-state index in [0.29, 0.717) is 12.1 Å². The van der Waals surface area contributed by atoms with Gasteiger partial charge in [0.15, 0.2) is 0 Å². The summed E-state index contributed by atoms with van der Waals surface area (Å²) in [6, 6.07) is 7.28. The zero-order valence-electron chi connectivity index (χ0n) is 9.63. The maximum Gasteiger partial charge on any atom is 0.339 e. The molecule has 0 saturated carbocycles. The number of nitrogen functional groups attached to an aromatic ring is 1. The minimum absolute atomic E-state index is 0.0806. The van der Waals surface area contributed by atoms with Crippen LogP contribution in [0, 0.1) is 0 Å². The number of rotatable bonds is 2. The van der Waals surface area contributed by atoms with Crippen molar-refractivity contribution in [1.29, 1.82) is 0 Å². The molecular formula is C14H13NO3. The lowest BCUT2D eigenvalue weighted by molar-refractivity contribution is -0.132. The summed E-state index contributed by atoms with van der Waals surface area (Å²) in [5, 5.41) is 18.3. The van der Waals surface area contributed by atoms with Crippen molar-refractivity contribution >= 4 is 17.7 Å². The molecule has 4 heteroatoms. The largest absolute Gasteiger partial charge is 0.507 e. The van der Waals surface area contributed by atoms with E-state index in [1.54, 1.807) is 12.1 Å². The van der Waals surface area contributed by atoms with Crippen LogP contribution < -0.4 is 5.73 Å². The summed E-state index contributed by atoms with van der Waals surface area (Å²) in [4.78, 5) is 10.9. The van der Waals surface area contributed by atoms with E-state index in [4.69, 9.17) is 10.8 Å². The summed E-state index contributed by atoms with van der Waals surface area (Å²) >= 11 is 0. The number of aliphatic hydroxyl groups is 1. The van der Waals surface area contributed by atoms with Crippen LogP contribution in [0.4, 0.5) is 5.69 Å². The summed E-state index contributed by atoms with van der Waals surface area (Å²) in [5.41, 5.74) is 7.96. The molecule has 4 nitrogen and oxygen atoms in total. The molecule has 0 saturated heterocycles. The van der Waals surface area contributed by atoms with Gasteiger partial charge in [-0.05, 0) is 41.8 Å². The lowest BCUT2D eigenvalue weighted by Crippen LogP contribution is -2.06. The van der Waals surface area contributed by atoms with Crippen LogP contribution >= 0.6 is 0 Å². The van der Waals surface area contributed by atoms with E-state index in [9.17, 15) is 9.90 Å². The molecule has 92 valence electrons. The number of aliphatic hydroxyl groups excluding tert-OH is 1. The quantitative estimate of drug-likeness (QED) is 0.697. The zero-order valence-corrected chi connectivity index (χ0v) is 9.63. The summed E-state index contributed by atoms with van der Waals surface area (Å²) in [7, 11) is 0. The minimum atomic E-state index is -1.13. The van der Waals surface area contributed by atoms with Crippen molar-refractivity contribution in [2.75, 3.05) is 5.73 Å². The molecule has 0 heterocycles. The number of allylic oxidation sites excluding steroid dienone is 3. The first-order chi connectivity index (χ1) is 8.56. The fourth-order valence-corrected chi connectivity index (χ4v) is 1.72. The average Bonchev–Trinajstić information content (AvgIpc) is 2.34. The lowest BCUT2D eigenvalue weighted by Gasteiger charge is -2.10. The van der Waals surface area contributed by atoms with Gasteiger partial charge in [0.2, 0.25) is 0 Å². The van der Waals surface area contributed by atoms with Crippen LogP contribution in [0.5, 0.6) is 0 Å². The van der Waals surface area contributed by atoms with Gasteiger partial charge in [-0.25, -0.2) is 4.79 Å². The van der Waals surface area contributed by atoms with Crippen molar-refractivity contribution in [1.82, 2.24) is 0 Å². The molecule has 0 bridgehead atoms. The Balaban J connectivity index is 2.30. The summed E-state index contributed by atoms with van der Waals surface area (Å²) < 4.78 is 0. The first kappa shape index (κ1) is 12.0. The molecule has 1 aromatic rings. The third-order valence-corrected chi connectivity index (χ3v) is 2.66. The van der Waals surface area contributed by atoms with Crippen LogP contribution in [0.15, 0.2) is 53.3 Å². The van der Waals surface area contributed by atoms with E-state index in [1.165, 1.54) is 12.2 Å². The van der Waals surface area contributed by atoms with E-state index >= 15 is 0 Å². The molecule has 0 atom stereocenters. The SMILES string of the molecule is Nc1ccc(C=C2C=C(C(=O)O)C(O)=CC2)cc1. The van der Waals surface area contributed by atoms with Crippen LogP contribution in [0.25, 0.3) is 6.08 Å². The number of hydrogen-bond acceptors (Lipinski definition) is 3. The van der Waals surface area contributed by atoms with Crippen LogP contribution in [-0.2, 0) is 4.79 Å². The molecule has 1 aromatic carbocycles. The first-order valence-corrected chi connectivity index (χ1v) is 5.47. The number of aliphatic carboxylic acids is 1. The van der Waals surface area contributed by atoms with Crippen molar-refractivity contribution < 1.29 is 15.0 Å². The highest BCUT2D eigenvalue weighted by Crippen LogP contribution is 2.23. The molecule has 0 aliphatic heterocycles. The van der Waals surface area contributed by atoms with Crippen molar-refractivity contribution in [3.63, 3.8) is 0 Å². The van der Waals surface area contributed by atoms with Crippen molar-refractivity contribution in [2.45, 2.75) is 6.42 Å². The first-order valence-electron chi connectivity index (χ1n) is 5.47. The lowest BCUT2D eigenvalue weighted by atomic mass is 9.98. The molecule has 0 spiro atoms.